The lowest BCUT2D eigenvalue weighted by Gasteiger charge is -2.27. The van der Waals surface area contributed by atoms with Crippen molar-refractivity contribution >= 4 is 0 Å². The van der Waals surface area contributed by atoms with Crippen molar-refractivity contribution in [3.63, 3.8) is 0 Å². The van der Waals surface area contributed by atoms with Crippen molar-refractivity contribution in [3.05, 3.63) is 35.4 Å². The molecule has 19 heavy (non-hydrogen) atoms. The maximum Gasteiger partial charge on any atom is 0.411 e. The summed E-state index contributed by atoms with van der Waals surface area (Å²) < 4.78 is 40.7. The zero-order chi connectivity index (χ0) is 13.9. The second-order valence-corrected chi connectivity index (χ2v) is 5.24. The average molecular weight is 273 g/mol. The van der Waals surface area contributed by atoms with Gasteiger partial charge in [0.1, 0.15) is 6.61 Å². The van der Waals surface area contributed by atoms with E-state index in [4.69, 9.17) is 10.5 Å². The molecule has 1 aromatic rings. The number of rotatable bonds is 5. The van der Waals surface area contributed by atoms with Gasteiger partial charge in [-0.3, -0.25) is 0 Å². The number of fused-ring (bicyclic) bond motifs is 1. The second kappa shape index (κ2) is 5.51. The number of benzene rings is 1. The van der Waals surface area contributed by atoms with Crippen LogP contribution in [0.2, 0.25) is 0 Å². The van der Waals surface area contributed by atoms with Crippen molar-refractivity contribution < 1.29 is 17.9 Å². The van der Waals surface area contributed by atoms with E-state index >= 15 is 0 Å². The van der Waals surface area contributed by atoms with Crippen LogP contribution in [0.1, 0.15) is 17.5 Å². The fraction of sp³-hybridized carbons (Fsp3) is 0.571. The molecule has 0 atom stereocenters. The Morgan fingerprint density at radius 3 is 2.21 bits per heavy atom. The molecular weight excluding hydrogens is 255 g/mol. The molecule has 0 fully saturated rings. The van der Waals surface area contributed by atoms with Crippen LogP contribution in [0, 0.1) is 5.41 Å². The summed E-state index contributed by atoms with van der Waals surface area (Å²) in [6.45, 7) is -0.609. The summed E-state index contributed by atoms with van der Waals surface area (Å²) >= 11 is 0. The van der Waals surface area contributed by atoms with Gasteiger partial charge in [0.05, 0.1) is 0 Å². The Kier molecular flexibility index (Phi) is 4.16. The summed E-state index contributed by atoms with van der Waals surface area (Å²) in [5, 5.41) is 0. The first-order valence-corrected chi connectivity index (χ1v) is 6.35. The predicted octanol–water partition coefficient (Wildman–Crippen LogP) is 2.70. The van der Waals surface area contributed by atoms with Gasteiger partial charge in [0.2, 0.25) is 0 Å². The minimum atomic E-state index is -4.26. The van der Waals surface area contributed by atoms with E-state index in [9.17, 15) is 13.2 Å². The normalized spacial score (nSPS) is 17.5. The third-order valence-corrected chi connectivity index (χ3v) is 3.72. The van der Waals surface area contributed by atoms with Crippen molar-refractivity contribution in [3.8, 4) is 0 Å². The molecule has 0 heterocycles. The monoisotopic (exact) mass is 273 g/mol. The van der Waals surface area contributed by atoms with E-state index in [2.05, 4.69) is 12.1 Å². The summed E-state index contributed by atoms with van der Waals surface area (Å²) in [5.74, 6) is 0. The molecule has 1 aromatic carbocycles. The van der Waals surface area contributed by atoms with Crippen LogP contribution in [0.15, 0.2) is 24.3 Å². The number of ether oxygens (including phenoxy) is 1. The van der Waals surface area contributed by atoms with Crippen LogP contribution in [-0.4, -0.2) is 25.9 Å². The molecule has 0 radical (unpaired) electrons. The first-order chi connectivity index (χ1) is 8.94. The Balaban J connectivity index is 1.88. The van der Waals surface area contributed by atoms with Crippen LogP contribution in [-0.2, 0) is 17.6 Å². The number of halogens is 3. The molecule has 0 aliphatic heterocycles. The summed E-state index contributed by atoms with van der Waals surface area (Å²) in [6.07, 6.45) is -2.03. The van der Waals surface area contributed by atoms with Gasteiger partial charge in [-0.15, -0.1) is 0 Å². The maximum atomic E-state index is 12.0. The highest BCUT2D eigenvalue weighted by molar-refractivity contribution is 5.34. The number of hydrogen-bond donors (Lipinski definition) is 1. The van der Waals surface area contributed by atoms with E-state index in [0.717, 1.165) is 12.8 Å². The summed E-state index contributed by atoms with van der Waals surface area (Å²) in [6, 6.07) is 8.07. The van der Waals surface area contributed by atoms with Crippen molar-refractivity contribution in [1.29, 1.82) is 0 Å². The van der Waals surface area contributed by atoms with Gasteiger partial charge in [-0.1, -0.05) is 24.3 Å². The molecular formula is C14H18F3NO. The largest absolute Gasteiger partial charge is 0.411 e. The van der Waals surface area contributed by atoms with Gasteiger partial charge in [-0.05, 0) is 42.3 Å². The molecule has 0 aromatic heterocycles. The third-order valence-electron chi connectivity index (χ3n) is 3.72. The topological polar surface area (TPSA) is 35.2 Å². The molecule has 0 spiro atoms. The number of nitrogens with two attached hydrogens (primary N) is 1. The Bertz CT molecular complexity index is 406. The minimum Gasteiger partial charge on any atom is -0.372 e. The molecule has 0 saturated carbocycles. The van der Waals surface area contributed by atoms with Gasteiger partial charge < -0.3 is 10.5 Å². The molecule has 0 saturated heterocycles. The van der Waals surface area contributed by atoms with Crippen LogP contribution in [0.4, 0.5) is 13.2 Å². The molecule has 1 aliphatic carbocycles. The van der Waals surface area contributed by atoms with Gasteiger partial charge in [0.25, 0.3) is 0 Å². The van der Waals surface area contributed by atoms with Gasteiger partial charge in [0, 0.05) is 6.61 Å². The van der Waals surface area contributed by atoms with Crippen LogP contribution < -0.4 is 5.73 Å². The van der Waals surface area contributed by atoms with Crippen LogP contribution >= 0.6 is 0 Å². The molecule has 5 heteroatoms. The molecule has 0 bridgehead atoms. The Morgan fingerprint density at radius 1 is 1.16 bits per heavy atom. The number of hydrogen-bond acceptors (Lipinski definition) is 2. The van der Waals surface area contributed by atoms with Gasteiger partial charge in [0.15, 0.2) is 0 Å². The Hall–Kier alpha value is -1.07. The maximum absolute atomic E-state index is 12.0. The van der Waals surface area contributed by atoms with Crippen molar-refractivity contribution in [2.24, 2.45) is 11.1 Å². The smallest absolute Gasteiger partial charge is 0.372 e. The third kappa shape index (κ3) is 3.70. The molecule has 0 amide bonds. The van der Waals surface area contributed by atoms with Crippen LogP contribution in [0.3, 0.4) is 0 Å². The lowest BCUT2D eigenvalue weighted by molar-refractivity contribution is -0.175. The summed E-state index contributed by atoms with van der Waals surface area (Å²) in [5.41, 5.74) is 8.20. The van der Waals surface area contributed by atoms with Crippen LogP contribution in [0.5, 0.6) is 0 Å². The van der Waals surface area contributed by atoms with Gasteiger partial charge in [-0.2, -0.15) is 13.2 Å². The van der Waals surface area contributed by atoms with Crippen LogP contribution in [0.25, 0.3) is 0 Å². The molecule has 2 N–H and O–H groups in total. The summed E-state index contributed by atoms with van der Waals surface area (Å²) in [4.78, 5) is 0. The van der Waals surface area contributed by atoms with E-state index in [-0.39, 0.29) is 12.0 Å². The quantitative estimate of drug-likeness (QED) is 0.837. The molecule has 2 nitrogen and oxygen atoms in total. The van der Waals surface area contributed by atoms with Gasteiger partial charge >= 0.3 is 6.18 Å². The highest BCUT2D eigenvalue weighted by atomic mass is 19.4. The van der Waals surface area contributed by atoms with E-state index in [0.29, 0.717) is 13.0 Å². The summed E-state index contributed by atoms with van der Waals surface area (Å²) in [7, 11) is 0. The fourth-order valence-corrected chi connectivity index (χ4v) is 2.67. The SMILES string of the molecule is NCC1(CCOCC(F)(F)F)Cc2ccccc2C1. The van der Waals surface area contributed by atoms with Crippen molar-refractivity contribution in [2.75, 3.05) is 19.8 Å². The lowest BCUT2D eigenvalue weighted by atomic mass is 9.82. The molecule has 1 aliphatic rings. The first-order valence-electron chi connectivity index (χ1n) is 6.35. The predicted molar refractivity (Wildman–Crippen MR) is 66.8 cm³/mol. The second-order valence-electron chi connectivity index (χ2n) is 5.24. The molecule has 0 unspecified atom stereocenters. The lowest BCUT2D eigenvalue weighted by Crippen LogP contribution is -2.33. The Morgan fingerprint density at radius 2 is 1.74 bits per heavy atom. The zero-order valence-electron chi connectivity index (χ0n) is 10.7. The molecule has 2 rings (SSSR count). The highest BCUT2D eigenvalue weighted by Gasteiger charge is 2.36. The van der Waals surface area contributed by atoms with Gasteiger partial charge in [-0.25, -0.2) is 0 Å². The Labute approximate surface area is 110 Å². The van der Waals surface area contributed by atoms with E-state index in [1.807, 2.05) is 12.1 Å². The first kappa shape index (κ1) is 14.3. The fourth-order valence-electron chi connectivity index (χ4n) is 2.67. The van der Waals surface area contributed by atoms with E-state index in [1.165, 1.54) is 11.1 Å². The van der Waals surface area contributed by atoms with E-state index in [1.54, 1.807) is 0 Å². The average Bonchev–Trinajstić information content (AvgIpc) is 2.73. The van der Waals surface area contributed by atoms with E-state index < -0.39 is 12.8 Å². The van der Waals surface area contributed by atoms with Crippen molar-refractivity contribution in [2.45, 2.75) is 25.4 Å². The molecule has 106 valence electrons. The standard InChI is InChI=1S/C14H18F3NO/c15-14(16,17)10-19-6-5-13(9-18)7-11-3-1-2-4-12(11)8-13/h1-4H,5-10,18H2. The van der Waals surface area contributed by atoms with Crippen molar-refractivity contribution in [1.82, 2.24) is 0 Å². The highest BCUT2D eigenvalue weighted by Crippen LogP contribution is 2.38. The minimum absolute atomic E-state index is 0.102. The zero-order valence-corrected chi connectivity index (χ0v) is 10.7. The number of alkyl halides is 3.